The maximum Gasteiger partial charge on any atom is 0.407 e. The summed E-state index contributed by atoms with van der Waals surface area (Å²) < 4.78 is 30.8. The number of ether oxygens (including phenoxy) is 1. The predicted molar refractivity (Wildman–Crippen MR) is 137 cm³/mol. The molecule has 2 aromatic carbocycles. The number of anilines is 1. The van der Waals surface area contributed by atoms with Crippen LogP contribution in [-0.2, 0) is 37.9 Å². The zero-order chi connectivity index (χ0) is 25.7. The third kappa shape index (κ3) is 4.32. The summed E-state index contributed by atoms with van der Waals surface area (Å²) >= 11 is 6.20. The van der Waals surface area contributed by atoms with Gasteiger partial charge in [0.25, 0.3) is 0 Å². The number of hydrogen-bond acceptors (Lipinski definition) is 6. The Labute approximate surface area is 214 Å². The number of hydrogen-bond donors (Lipinski definition) is 1. The number of halogens is 1. The number of imidazole rings is 1. The molecule has 0 bridgehead atoms. The molecule has 0 saturated heterocycles. The Bertz CT molecular complexity index is 1460. The summed E-state index contributed by atoms with van der Waals surface area (Å²) in [7, 11) is -1.60. The summed E-state index contributed by atoms with van der Waals surface area (Å²) in [6, 6.07) is 13.1. The maximum atomic E-state index is 13.8. The summed E-state index contributed by atoms with van der Waals surface area (Å²) in [4.78, 5) is 32.0. The zero-order valence-electron chi connectivity index (χ0n) is 20.0. The molecule has 0 radical (unpaired) electrons. The van der Waals surface area contributed by atoms with Crippen molar-refractivity contribution in [1.82, 2.24) is 14.9 Å². The normalized spacial score (nSPS) is 21.0. The highest BCUT2D eigenvalue weighted by Crippen LogP contribution is 2.54. The Kier molecular flexibility index (Phi) is 6.20. The zero-order valence-corrected chi connectivity index (χ0v) is 21.6. The molecule has 5 rings (SSSR count). The van der Waals surface area contributed by atoms with E-state index in [9.17, 15) is 18.0 Å². The Hall–Kier alpha value is -3.11. The minimum Gasteiger partial charge on any atom is -0.446 e. The van der Waals surface area contributed by atoms with E-state index in [0.29, 0.717) is 42.2 Å². The van der Waals surface area contributed by atoms with Crippen molar-refractivity contribution in [2.45, 2.75) is 43.9 Å². The van der Waals surface area contributed by atoms with Gasteiger partial charge in [-0.2, -0.15) is 0 Å². The number of benzene rings is 2. The molecule has 1 spiro atoms. The van der Waals surface area contributed by atoms with Crippen LogP contribution in [0.3, 0.4) is 0 Å². The fraction of sp³-hybridized carbons (Fsp3) is 0.400. The summed E-state index contributed by atoms with van der Waals surface area (Å²) in [5.74, 6) is 0.660. The molecule has 1 saturated carbocycles. The van der Waals surface area contributed by atoms with Gasteiger partial charge < -0.3 is 19.5 Å². The largest absolute Gasteiger partial charge is 0.446 e. The number of fused-ring (bicyclic) bond motifs is 3. The number of nitrogens with zero attached hydrogens (tertiary/aromatic N) is 3. The van der Waals surface area contributed by atoms with Gasteiger partial charge in [0.15, 0.2) is 0 Å². The number of nitrogens with one attached hydrogen (secondary N) is 1. The first-order chi connectivity index (χ1) is 17.1. The van der Waals surface area contributed by atoms with Gasteiger partial charge in [0.05, 0.1) is 28.7 Å². The number of aryl methyl sites for hydroxylation is 1. The summed E-state index contributed by atoms with van der Waals surface area (Å²) in [5, 5.41) is 3.00. The van der Waals surface area contributed by atoms with Crippen LogP contribution in [0.4, 0.5) is 10.5 Å². The summed E-state index contributed by atoms with van der Waals surface area (Å²) in [5.41, 5.74) is 2.53. The molecule has 2 amide bonds. The Morgan fingerprint density at radius 2 is 2.00 bits per heavy atom. The number of carbonyl (C=O) groups is 2. The van der Waals surface area contributed by atoms with Crippen LogP contribution in [0.1, 0.15) is 30.7 Å². The van der Waals surface area contributed by atoms with Gasteiger partial charge >= 0.3 is 6.09 Å². The van der Waals surface area contributed by atoms with E-state index in [-0.39, 0.29) is 24.3 Å². The number of rotatable bonds is 7. The Morgan fingerprint density at radius 3 is 2.72 bits per heavy atom. The molecule has 190 valence electrons. The molecule has 1 N–H and O–H groups in total. The lowest BCUT2D eigenvalue weighted by atomic mass is 9.63. The van der Waals surface area contributed by atoms with Crippen molar-refractivity contribution in [3.8, 4) is 0 Å². The molecule has 11 heteroatoms. The van der Waals surface area contributed by atoms with E-state index in [1.54, 1.807) is 17.0 Å². The molecule has 3 aromatic rings. The molecular formula is C25H27ClN4O5S. The van der Waals surface area contributed by atoms with Crippen LogP contribution < -0.4 is 10.2 Å². The van der Waals surface area contributed by atoms with Crippen molar-refractivity contribution in [2.75, 3.05) is 24.0 Å². The number of aromatic nitrogens is 2. The van der Waals surface area contributed by atoms with E-state index in [0.717, 1.165) is 16.8 Å². The first kappa shape index (κ1) is 24.6. The van der Waals surface area contributed by atoms with Gasteiger partial charge in [-0.05, 0) is 36.2 Å². The minimum absolute atomic E-state index is 0.0479. The number of carbonyl (C=O) groups excluding carboxylic acids is 2. The van der Waals surface area contributed by atoms with Crippen LogP contribution in [0.25, 0.3) is 11.0 Å². The van der Waals surface area contributed by atoms with Gasteiger partial charge in [-0.25, -0.2) is 18.2 Å². The van der Waals surface area contributed by atoms with E-state index >= 15 is 0 Å². The first-order valence-corrected chi connectivity index (χ1v) is 14.2. The average Bonchev–Trinajstić information content (AvgIpc) is 3.25. The molecule has 9 nitrogen and oxygen atoms in total. The number of alkyl carbamates (subject to hydrolysis) is 1. The molecule has 1 aliphatic carbocycles. The van der Waals surface area contributed by atoms with Gasteiger partial charge in [0.2, 0.25) is 5.91 Å². The summed E-state index contributed by atoms with van der Waals surface area (Å²) in [6.45, 7) is 0.668. The molecule has 1 aromatic heterocycles. The van der Waals surface area contributed by atoms with Crippen molar-refractivity contribution >= 4 is 50.2 Å². The van der Waals surface area contributed by atoms with Crippen molar-refractivity contribution < 1.29 is 22.7 Å². The molecule has 2 aliphatic rings. The maximum absolute atomic E-state index is 13.8. The van der Waals surface area contributed by atoms with Crippen LogP contribution in [0.2, 0.25) is 5.02 Å². The highest BCUT2D eigenvalue weighted by molar-refractivity contribution is 7.90. The van der Waals surface area contributed by atoms with E-state index in [1.165, 1.54) is 13.3 Å². The minimum atomic E-state index is -3.11. The van der Waals surface area contributed by atoms with Crippen LogP contribution >= 0.6 is 11.6 Å². The van der Waals surface area contributed by atoms with E-state index in [4.69, 9.17) is 21.3 Å². The fourth-order valence-electron chi connectivity index (χ4n) is 5.31. The highest BCUT2D eigenvalue weighted by Gasteiger charge is 2.59. The highest BCUT2D eigenvalue weighted by atomic mass is 35.5. The lowest BCUT2D eigenvalue weighted by Crippen LogP contribution is -2.53. The first-order valence-electron chi connectivity index (χ1n) is 11.7. The molecule has 2 heterocycles. The molecule has 1 aliphatic heterocycles. The molecular weight excluding hydrogens is 504 g/mol. The number of amides is 2. The smallest absolute Gasteiger partial charge is 0.407 e. The van der Waals surface area contributed by atoms with Crippen LogP contribution in [-0.4, -0.2) is 55.1 Å². The quantitative estimate of drug-likeness (QED) is 0.501. The average molecular weight is 531 g/mol. The molecule has 0 atom stereocenters. The lowest BCUT2D eigenvalue weighted by molar-refractivity contribution is -0.131. The lowest BCUT2D eigenvalue weighted by Gasteiger charge is -2.43. The third-order valence-corrected chi connectivity index (χ3v) is 8.25. The van der Waals surface area contributed by atoms with Crippen molar-refractivity contribution in [3.63, 3.8) is 0 Å². The topological polar surface area (TPSA) is 111 Å². The molecule has 1 fully saturated rings. The second-order valence-electron chi connectivity index (χ2n) is 9.47. The number of para-hydroxylation sites is 1. The fourth-order valence-corrected chi connectivity index (χ4v) is 6.13. The van der Waals surface area contributed by atoms with E-state index in [1.807, 2.05) is 34.9 Å². The monoisotopic (exact) mass is 530 g/mol. The van der Waals surface area contributed by atoms with Gasteiger partial charge in [-0.15, -0.1) is 0 Å². The van der Waals surface area contributed by atoms with Gasteiger partial charge in [0, 0.05) is 43.4 Å². The van der Waals surface area contributed by atoms with Crippen LogP contribution in [0.5, 0.6) is 0 Å². The van der Waals surface area contributed by atoms with Crippen LogP contribution in [0.15, 0.2) is 42.5 Å². The standard InChI is InChI=1S/C25H27ClN4O5S/c1-27-24(32)35-17-13-25(14-17)18-6-3-4-7-20(18)30(23(25)31)15-22-28-19-12-16(26)8-9-21(19)29(22)10-5-11-36(2,33)34/h3-4,6-9,12,17H,5,10-11,13-15H2,1-2H3,(H,27,32). The summed E-state index contributed by atoms with van der Waals surface area (Å²) in [6.07, 6.45) is 1.66. The van der Waals surface area contributed by atoms with Gasteiger partial charge in [-0.3, -0.25) is 4.79 Å². The van der Waals surface area contributed by atoms with Crippen molar-refractivity contribution in [1.29, 1.82) is 0 Å². The Morgan fingerprint density at radius 1 is 1.25 bits per heavy atom. The second kappa shape index (κ2) is 9.08. The number of sulfone groups is 1. The van der Waals surface area contributed by atoms with Crippen LogP contribution in [0, 0.1) is 0 Å². The molecule has 0 unspecified atom stereocenters. The van der Waals surface area contributed by atoms with E-state index < -0.39 is 21.3 Å². The van der Waals surface area contributed by atoms with Crippen molar-refractivity contribution in [3.05, 3.63) is 58.9 Å². The van der Waals surface area contributed by atoms with Gasteiger partial charge in [-0.1, -0.05) is 29.8 Å². The SMILES string of the molecule is CNC(=O)OC1CC2(C1)C(=O)N(Cc1nc3cc(Cl)ccc3n1CCCS(C)(=O)=O)c1ccccc12. The third-order valence-electron chi connectivity index (χ3n) is 6.98. The van der Waals surface area contributed by atoms with E-state index in [2.05, 4.69) is 5.32 Å². The second-order valence-corrected chi connectivity index (χ2v) is 12.2. The van der Waals surface area contributed by atoms with Gasteiger partial charge in [0.1, 0.15) is 21.8 Å². The predicted octanol–water partition coefficient (Wildman–Crippen LogP) is 3.43. The Balaban J connectivity index is 1.46. The molecule has 36 heavy (non-hydrogen) atoms. The van der Waals surface area contributed by atoms with Crippen molar-refractivity contribution in [2.24, 2.45) is 0 Å².